The van der Waals surface area contributed by atoms with E-state index in [9.17, 15) is 25.9 Å². The predicted molar refractivity (Wildman–Crippen MR) is 143 cm³/mol. The fourth-order valence-electron chi connectivity index (χ4n) is 4.91. The van der Waals surface area contributed by atoms with Crippen molar-refractivity contribution in [2.24, 2.45) is 11.5 Å². The summed E-state index contributed by atoms with van der Waals surface area (Å²) in [5.74, 6) is -0.487. The molecule has 0 bridgehead atoms. The summed E-state index contributed by atoms with van der Waals surface area (Å²) in [5, 5.41) is 6.58. The molecule has 0 spiro atoms. The van der Waals surface area contributed by atoms with Crippen LogP contribution in [-0.2, 0) is 41.3 Å². The van der Waals surface area contributed by atoms with Crippen LogP contribution in [0.5, 0.6) is 0 Å². The summed E-state index contributed by atoms with van der Waals surface area (Å²) in [6, 6.07) is 1.64. The number of nitrogens with one attached hydrogen (secondary N) is 2. The summed E-state index contributed by atoms with van der Waals surface area (Å²) in [6.45, 7) is 1.29. The van der Waals surface area contributed by atoms with Crippen LogP contribution in [0, 0.1) is 0 Å². The van der Waals surface area contributed by atoms with Crippen LogP contribution in [0.1, 0.15) is 103 Å². The first-order chi connectivity index (χ1) is 17.0. The Kier molecular flexibility index (Phi) is 21.3. The van der Waals surface area contributed by atoms with Gasteiger partial charge in [0, 0.05) is 35.7 Å². The Morgan fingerprint density at radius 3 is 1.14 bits per heavy atom. The van der Waals surface area contributed by atoms with Gasteiger partial charge in [0.1, 0.15) is 0 Å². The summed E-state index contributed by atoms with van der Waals surface area (Å²) < 4.78 is 61.8. The van der Waals surface area contributed by atoms with Gasteiger partial charge < -0.3 is 31.2 Å². The van der Waals surface area contributed by atoms with Gasteiger partial charge in [-0.1, -0.05) is 51.4 Å². The zero-order valence-electron chi connectivity index (χ0n) is 22.2. The van der Waals surface area contributed by atoms with Crippen molar-refractivity contribution >= 4 is 20.2 Å². The minimum atomic E-state index is -4.02. The van der Waals surface area contributed by atoms with Gasteiger partial charge in [-0.15, -0.1) is 0 Å². The van der Waals surface area contributed by atoms with E-state index >= 15 is 0 Å². The van der Waals surface area contributed by atoms with E-state index in [1.807, 2.05) is 0 Å². The average Bonchev–Trinajstić information content (AvgIpc) is 2.83. The van der Waals surface area contributed by atoms with Gasteiger partial charge in [-0.2, -0.15) is 0 Å². The maximum absolute atomic E-state index is 10.3. The smallest absolute Gasteiger partial charge is 0.748 e. The number of hydrogen-bond acceptors (Lipinski definition) is 10. The monoisotopic (exact) mass is 749 g/mol. The fourth-order valence-corrected chi connectivity index (χ4v) is 5.91. The van der Waals surface area contributed by atoms with Gasteiger partial charge in [-0.25, -0.2) is 16.8 Å². The molecule has 0 aromatic carbocycles. The Morgan fingerprint density at radius 1 is 0.568 bits per heavy atom. The molecule has 13 heteroatoms. The first kappa shape index (κ1) is 37.3. The predicted octanol–water partition coefficient (Wildman–Crippen LogP) is 1.90. The van der Waals surface area contributed by atoms with Crippen LogP contribution in [0.25, 0.3) is 0 Å². The zero-order valence-corrected chi connectivity index (χ0v) is 26.1. The minimum Gasteiger partial charge on any atom is -0.748 e. The van der Waals surface area contributed by atoms with E-state index < -0.39 is 20.2 Å². The minimum absolute atomic E-state index is 0. The molecule has 3 fully saturated rings. The molecule has 3 saturated carbocycles. The molecule has 0 saturated heterocycles. The summed E-state index contributed by atoms with van der Waals surface area (Å²) in [4.78, 5) is 0. The van der Waals surface area contributed by atoms with E-state index in [4.69, 9.17) is 11.5 Å². The van der Waals surface area contributed by atoms with Crippen molar-refractivity contribution in [1.82, 2.24) is 10.6 Å². The first-order valence-corrected chi connectivity index (χ1v) is 17.0. The van der Waals surface area contributed by atoms with E-state index in [-0.39, 0.29) is 44.7 Å². The van der Waals surface area contributed by atoms with Crippen molar-refractivity contribution in [2.45, 2.75) is 127 Å². The molecule has 10 nitrogen and oxygen atoms in total. The van der Waals surface area contributed by atoms with Crippen LogP contribution in [0.4, 0.5) is 0 Å². The van der Waals surface area contributed by atoms with Crippen LogP contribution in [0.2, 0.25) is 0 Å². The average molecular weight is 750 g/mol. The van der Waals surface area contributed by atoms with Crippen LogP contribution in [-0.4, -0.2) is 74.7 Å². The summed E-state index contributed by atoms with van der Waals surface area (Å²) in [7, 11) is -8.03. The molecule has 3 aliphatic rings. The molecule has 222 valence electrons. The molecule has 2 unspecified atom stereocenters. The van der Waals surface area contributed by atoms with Crippen LogP contribution in [0.3, 0.4) is 0 Å². The Balaban J connectivity index is 0.000000538. The number of nitrogens with two attached hydrogens (primary N) is 2. The quantitative estimate of drug-likeness (QED) is 0.190. The van der Waals surface area contributed by atoms with E-state index in [2.05, 4.69) is 10.6 Å². The second-order valence-corrected chi connectivity index (χ2v) is 13.5. The second-order valence-electron chi connectivity index (χ2n) is 10.4. The van der Waals surface area contributed by atoms with Crippen LogP contribution in [0.15, 0.2) is 0 Å². The molecule has 0 aliphatic heterocycles. The normalized spacial score (nSPS) is 23.6. The summed E-state index contributed by atoms with van der Waals surface area (Å²) in [5.41, 5.74) is 11.3. The number of rotatable bonds is 10. The molecular weight excluding hydrogens is 699 g/mol. The van der Waals surface area contributed by atoms with Gasteiger partial charge in [0.15, 0.2) is 0 Å². The van der Waals surface area contributed by atoms with Crippen molar-refractivity contribution in [3.8, 4) is 0 Å². The largest absolute Gasteiger partial charge is 4.00 e. The number of hydrogen-bond donors (Lipinski definition) is 4. The van der Waals surface area contributed by atoms with E-state index in [0.29, 0.717) is 38.0 Å². The van der Waals surface area contributed by atoms with Gasteiger partial charge in [0.25, 0.3) is 0 Å². The zero-order chi connectivity index (χ0) is 26.9. The molecule has 6 N–H and O–H groups in total. The third-order valence-electron chi connectivity index (χ3n) is 7.09. The molecule has 0 radical (unpaired) electrons. The standard InChI is InChI=1S/2C9H19NO3S.C6H14N2.Pt/c2*11-14(12,13)8-4-7-10-9-5-2-1-3-6-9;7-5-3-1-2-4-6(5)8;/h2*9-10H,1-8H2,(H,11,12,13);5-6H,1-4,7-8H2;/q;;;+4/p-2. The van der Waals surface area contributed by atoms with Gasteiger partial charge in [-0.05, 0) is 64.5 Å². The molecule has 3 rings (SSSR count). The van der Waals surface area contributed by atoms with Crippen LogP contribution >= 0.6 is 0 Å². The third-order valence-corrected chi connectivity index (χ3v) is 8.67. The first-order valence-electron chi connectivity index (χ1n) is 13.8. The Morgan fingerprint density at radius 2 is 0.865 bits per heavy atom. The molecule has 0 amide bonds. The topological polar surface area (TPSA) is 190 Å². The van der Waals surface area contributed by atoms with Crippen molar-refractivity contribution in [2.75, 3.05) is 24.6 Å². The summed E-state index contributed by atoms with van der Waals surface area (Å²) in [6.07, 6.45) is 18.1. The maximum atomic E-state index is 10.3. The SMILES string of the molecule is NC1CCCCC1N.O=S(=O)([O-])CCCNC1CCCCC1.O=S(=O)([O-])CCCNC1CCCCC1.[Pt+4]. The summed E-state index contributed by atoms with van der Waals surface area (Å²) >= 11 is 0. The molecule has 0 aromatic rings. The Labute approximate surface area is 240 Å². The molecule has 0 aromatic heterocycles. The van der Waals surface area contributed by atoms with Gasteiger partial charge in [-0.3, -0.25) is 0 Å². The molecule has 0 heterocycles. The van der Waals surface area contributed by atoms with Gasteiger partial charge in [0.05, 0.1) is 20.2 Å². The molecular formula is C24H50N4O6PtS2+2. The Hall–Kier alpha value is 0.348. The van der Waals surface area contributed by atoms with Crippen molar-refractivity contribution < 1.29 is 47.0 Å². The van der Waals surface area contributed by atoms with E-state index in [0.717, 1.165) is 12.8 Å². The van der Waals surface area contributed by atoms with E-state index in [1.54, 1.807) is 0 Å². The maximum Gasteiger partial charge on any atom is 4.00 e. The van der Waals surface area contributed by atoms with E-state index in [1.165, 1.54) is 77.0 Å². The second kappa shape index (κ2) is 21.1. The fraction of sp³-hybridized carbons (Fsp3) is 1.00. The molecule has 2 atom stereocenters. The van der Waals surface area contributed by atoms with Crippen LogP contribution < -0.4 is 22.1 Å². The van der Waals surface area contributed by atoms with Crippen molar-refractivity contribution in [3.63, 3.8) is 0 Å². The molecule has 37 heavy (non-hydrogen) atoms. The molecule has 3 aliphatic carbocycles. The van der Waals surface area contributed by atoms with Gasteiger partial charge >= 0.3 is 21.1 Å². The van der Waals surface area contributed by atoms with Crippen molar-refractivity contribution in [1.29, 1.82) is 0 Å². The van der Waals surface area contributed by atoms with Crippen molar-refractivity contribution in [3.05, 3.63) is 0 Å². The Bertz CT molecular complexity index is 697. The van der Waals surface area contributed by atoms with Gasteiger partial charge in [0.2, 0.25) is 0 Å². The third kappa shape index (κ3) is 22.8.